The van der Waals surface area contributed by atoms with Crippen LogP contribution in [0.1, 0.15) is 0 Å². The van der Waals surface area contributed by atoms with Gasteiger partial charge in [0.25, 0.3) is 0 Å². The Bertz CT molecular complexity index is 574. The molecule has 0 atom stereocenters. The minimum atomic E-state index is -4.44. The number of carbonyl (C=O) groups excluding carboxylic acids is 1. The quantitative estimate of drug-likeness (QED) is 0.597. The molecule has 1 aromatic carbocycles. The predicted octanol–water partition coefficient (Wildman–Crippen LogP) is -0.00170. The minimum absolute atomic E-state index is 0.466. The second kappa shape index (κ2) is 5.27. The Labute approximate surface area is 102 Å². The van der Waals surface area contributed by atoms with Gasteiger partial charge in [-0.05, 0) is 12.1 Å². The van der Waals surface area contributed by atoms with Crippen molar-refractivity contribution in [1.29, 1.82) is 0 Å². The minimum Gasteiger partial charge on any atom is -0.468 e. The summed E-state index contributed by atoms with van der Waals surface area (Å²) in [4.78, 5) is 9.74. The van der Waals surface area contributed by atoms with E-state index >= 15 is 0 Å². The molecule has 0 spiro atoms. The van der Waals surface area contributed by atoms with Gasteiger partial charge >= 0.3 is 5.97 Å². The first-order chi connectivity index (χ1) is 8.29. The maximum absolute atomic E-state index is 13.4. The molecule has 0 aliphatic carbocycles. The SMILES string of the molecule is COC(=O)CNS(=O)(=O)c1c(N)ccc(F)c1F. The zero-order valence-electron chi connectivity index (χ0n) is 9.24. The van der Waals surface area contributed by atoms with Crippen LogP contribution in [-0.2, 0) is 19.6 Å². The number of esters is 1. The van der Waals surface area contributed by atoms with E-state index in [1.807, 2.05) is 0 Å². The summed E-state index contributed by atoms with van der Waals surface area (Å²) in [5, 5.41) is 0. The van der Waals surface area contributed by atoms with Crippen molar-refractivity contribution in [3.8, 4) is 0 Å². The van der Waals surface area contributed by atoms with E-state index in [-0.39, 0.29) is 0 Å². The Hall–Kier alpha value is -1.74. The number of hydrogen-bond donors (Lipinski definition) is 2. The summed E-state index contributed by atoms with van der Waals surface area (Å²) in [6.45, 7) is -0.714. The molecule has 0 radical (unpaired) electrons. The van der Waals surface area contributed by atoms with Crippen LogP contribution in [0.5, 0.6) is 0 Å². The number of rotatable bonds is 4. The number of carbonyl (C=O) groups is 1. The Morgan fingerprint density at radius 2 is 2.06 bits per heavy atom. The van der Waals surface area contributed by atoms with Crippen LogP contribution in [-0.4, -0.2) is 28.0 Å². The van der Waals surface area contributed by atoms with E-state index in [4.69, 9.17) is 5.73 Å². The number of halogens is 2. The van der Waals surface area contributed by atoms with Crippen LogP contribution in [0.15, 0.2) is 17.0 Å². The standard InChI is InChI=1S/C9H10F2N2O4S/c1-17-7(14)4-13-18(15,16)9-6(12)3-2-5(10)8(9)11/h2-3,13H,4,12H2,1H3. The number of hydrogen-bond acceptors (Lipinski definition) is 5. The lowest BCUT2D eigenvalue weighted by Gasteiger charge is -2.09. The van der Waals surface area contributed by atoms with Crippen molar-refractivity contribution in [1.82, 2.24) is 4.72 Å². The molecule has 3 N–H and O–H groups in total. The summed E-state index contributed by atoms with van der Waals surface area (Å²) in [5.41, 5.74) is 4.81. The van der Waals surface area contributed by atoms with Crippen molar-refractivity contribution in [3.63, 3.8) is 0 Å². The van der Waals surface area contributed by atoms with Gasteiger partial charge in [-0.3, -0.25) is 4.79 Å². The first-order valence-corrected chi connectivity index (χ1v) is 6.08. The fourth-order valence-electron chi connectivity index (χ4n) is 1.12. The van der Waals surface area contributed by atoms with Crippen molar-refractivity contribution in [3.05, 3.63) is 23.8 Å². The Morgan fingerprint density at radius 1 is 1.44 bits per heavy atom. The normalized spacial score (nSPS) is 11.3. The molecule has 6 nitrogen and oxygen atoms in total. The highest BCUT2D eigenvalue weighted by Crippen LogP contribution is 2.23. The maximum Gasteiger partial charge on any atom is 0.320 e. The number of nitrogen functional groups attached to an aromatic ring is 1. The van der Waals surface area contributed by atoms with Crippen molar-refractivity contribution < 1.29 is 26.7 Å². The van der Waals surface area contributed by atoms with Gasteiger partial charge in [0.05, 0.1) is 12.8 Å². The van der Waals surface area contributed by atoms with Gasteiger partial charge in [0.1, 0.15) is 11.4 Å². The third-order valence-electron chi connectivity index (χ3n) is 1.98. The van der Waals surface area contributed by atoms with E-state index in [0.29, 0.717) is 6.07 Å². The van der Waals surface area contributed by atoms with Gasteiger partial charge in [-0.2, -0.15) is 4.72 Å². The van der Waals surface area contributed by atoms with Crippen LogP contribution in [0.25, 0.3) is 0 Å². The number of nitrogens with two attached hydrogens (primary N) is 1. The third-order valence-corrected chi connectivity index (χ3v) is 3.46. The zero-order chi connectivity index (χ0) is 13.9. The van der Waals surface area contributed by atoms with Crippen LogP contribution < -0.4 is 10.5 Å². The van der Waals surface area contributed by atoms with Crippen molar-refractivity contribution in [2.75, 3.05) is 19.4 Å². The van der Waals surface area contributed by atoms with E-state index in [1.54, 1.807) is 4.72 Å². The number of ether oxygens (including phenoxy) is 1. The summed E-state index contributed by atoms with van der Waals surface area (Å²) in [7, 11) is -3.39. The van der Waals surface area contributed by atoms with Crippen LogP contribution in [0, 0.1) is 11.6 Å². The zero-order valence-corrected chi connectivity index (χ0v) is 10.1. The molecule has 1 aromatic rings. The van der Waals surface area contributed by atoms with Crippen molar-refractivity contribution in [2.45, 2.75) is 4.90 Å². The molecule has 100 valence electrons. The van der Waals surface area contributed by atoms with E-state index in [0.717, 1.165) is 13.2 Å². The molecule has 1 rings (SSSR count). The molecule has 0 aromatic heterocycles. The largest absolute Gasteiger partial charge is 0.468 e. The monoisotopic (exact) mass is 280 g/mol. The van der Waals surface area contributed by atoms with E-state index in [1.165, 1.54) is 0 Å². The molecule has 0 heterocycles. The highest BCUT2D eigenvalue weighted by molar-refractivity contribution is 7.89. The first-order valence-electron chi connectivity index (χ1n) is 4.59. The lowest BCUT2D eigenvalue weighted by Crippen LogP contribution is -2.31. The van der Waals surface area contributed by atoms with Gasteiger partial charge in [-0.1, -0.05) is 0 Å². The van der Waals surface area contributed by atoms with Crippen LogP contribution in [0.2, 0.25) is 0 Å². The summed E-state index contributed by atoms with van der Waals surface area (Å²) in [6.07, 6.45) is 0. The van der Waals surface area contributed by atoms with E-state index in [2.05, 4.69) is 4.74 Å². The van der Waals surface area contributed by atoms with Crippen LogP contribution in [0.3, 0.4) is 0 Å². The summed E-state index contributed by atoms with van der Waals surface area (Å²) in [6, 6.07) is 1.61. The van der Waals surface area contributed by atoms with Gasteiger partial charge < -0.3 is 10.5 Å². The second-order valence-corrected chi connectivity index (χ2v) is 4.88. The van der Waals surface area contributed by atoms with Crippen LogP contribution in [0.4, 0.5) is 14.5 Å². The highest BCUT2D eigenvalue weighted by atomic mass is 32.2. The average molecular weight is 280 g/mol. The van der Waals surface area contributed by atoms with Gasteiger partial charge in [-0.15, -0.1) is 0 Å². The highest BCUT2D eigenvalue weighted by Gasteiger charge is 2.25. The van der Waals surface area contributed by atoms with Gasteiger partial charge in [-0.25, -0.2) is 17.2 Å². The molecular weight excluding hydrogens is 270 g/mol. The number of methoxy groups -OCH3 is 1. The third kappa shape index (κ3) is 2.93. The van der Waals surface area contributed by atoms with Gasteiger partial charge in [0.2, 0.25) is 10.0 Å². The Balaban J connectivity index is 3.13. The number of benzene rings is 1. The summed E-state index contributed by atoms with van der Waals surface area (Å²) < 4.78 is 55.5. The lowest BCUT2D eigenvalue weighted by atomic mass is 10.3. The Morgan fingerprint density at radius 3 is 2.61 bits per heavy atom. The molecule has 0 aliphatic heterocycles. The van der Waals surface area contributed by atoms with Crippen LogP contribution >= 0.6 is 0 Å². The molecule has 0 fully saturated rings. The van der Waals surface area contributed by atoms with Crippen molar-refractivity contribution >= 4 is 21.7 Å². The average Bonchev–Trinajstić information content (AvgIpc) is 2.31. The molecule has 18 heavy (non-hydrogen) atoms. The lowest BCUT2D eigenvalue weighted by molar-refractivity contribution is -0.139. The molecule has 0 unspecified atom stereocenters. The Kier molecular flexibility index (Phi) is 4.19. The fourth-order valence-corrected chi connectivity index (χ4v) is 2.28. The molecule has 0 aliphatic rings. The predicted molar refractivity (Wildman–Crippen MR) is 58.0 cm³/mol. The van der Waals surface area contributed by atoms with Gasteiger partial charge in [0.15, 0.2) is 11.6 Å². The molecule has 0 bridgehead atoms. The molecule has 0 saturated carbocycles. The first kappa shape index (κ1) is 14.3. The number of anilines is 1. The van der Waals surface area contributed by atoms with E-state index in [9.17, 15) is 22.0 Å². The maximum atomic E-state index is 13.4. The number of sulfonamides is 1. The molecular formula is C9H10F2N2O4S. The second-order valence-electron chi connectivity index (χ2n) is 3.18. The van der Waals surface area contributed by atoms with E-state index < -0.39 is 44.8 Å². The summed E-state index contributed by atoms with van der Waals surface area (Å²) >= 11 is 0. The van der Waals surface area contributed by atoms with Crippen molar-refractivity contribution in [2.24, 2.45) is 0 Å². The molecule has 9 heteroatoms. The topological polar surface area (TPSA) is 98.5 Å². The number of nitrogens with one attached hydrogen (secondary N) is 1. The fraction of sp³-hybridized carbons (Fsp3) is 0.222. The smallest absolute Gasteiger partial charge is 0.320 e. The summed E-state index contributed by atoms with van der Waals surface area (Å²) in [5.74, 6) is -3.84. The molecule has 0 amide bonds. The van der Waals surface area contributed by atoms with Gasteiger partial charge in [0, 0.05) is 0 Å². The molecule has 0 saturated heterocycles.